The summed E-state index contributed by atoms with van der Waals surface area (Å²) in [5.41, 5.74) is 2.46. The molecule has 0 atom stereocenters. The second-order valence-electron chi connectivity index (χ2n) is 6.87. The summed E-state index contributed by atoms with van der Waals surface area (Å²) >= 11 is 0. The highest BCUT2D eigenvalue weighted by atomic mass is 32.2. The molecule has 8 heteroatoms. The van der Waals surface area contributed by atoms with Crippen molar-refractivity contribution < 1.29 is 13.2 Å². The predicted octanol–water partition coefficient (Wildman–Crippen LogP) is 1.46. The number of anilines is 1. The van der Waals surface area contributed by atoms with E-state index in [0.29, 0.717) is 0 Å². The molecular weight excluding hydrogens is 340 g/mol. The average Bonchev–Trinajstić information content (AvgIpc) is 2.97. The maximum atomic E-state index is 12.7. The number of aromatic nitrogens is 2. The fraction of sp³-hybridized carbons (Fsp3) is 0.412. The Bertz CT molecular complexity index is 960. The molecule has 0 fully saturated rings. The van der Waals surface area contributed by atoms with Crippen molar-refractivity contribution in [3.05, 3.63) is 41.2 Å². The van der Waals surface area contributed by atoms with Crippen molar-refractivity contribution in [2.45, 2.75) is 37.6 Å². The van der Waals surface area contributed by atoms with E-state index in [1.807, 2.05) is 14.0 Å². The minimum atomic E-state index is -3.69. The van der Waals surface area contributed by atoms with Crippen molar-refractivity contribution in [2.75, 3.05) is 11.9 Å². The van der Waals surface area contributed by atoms with Crippen LogP contribution in [0.15, 0.2) is 29.3 Å². The monoisotopic (exact) mass is 362 g/mol. The van der Waals surface area contributed by atoms with Crippen LogP contribution in [0.3, 0.4) is 0 Å². The number of amides is 1. The van der Waals surface area contributed by atoms with Crippen LogP contribution in [0, 0.1) is 6.92 Å². The predicted molar refractivity (Wildman–Crippen MR) is 94.8 cm³/mol. The molecule has 0 bridgehead atoms. The normalized spacial score (nSPS) is 16.4. The van der Waals surface area contributed by atoms with Crippen LogP contribution in [0.2, 0.25) is 0 Å². The van der Waals surface area contributed by atoms with Crippen LogP contribution in [0.1, 0.15) is 30.7 Å². The molecule has 0 saturated carbocycles. The summed E-state index contributed by atoms with van der Waals surface area (Å²) < 4.78 is 29.6. The Kier molecular flexibility index (Phi) is 4.00. The quantitative estimate of drug-likeness (QED) is 0.892. The van der Waals surface area contributed by atoms with E-state index < -0.39 is 15.4 Å². The van der Waals surface area contributed by atoms with Gasteiger partial charge in [-0.1, -0.05) is 0 Å². The Hall–Kier alpha value is -2.19. The third kappa shape index (κ3) is 2.75. The molecule has 0 spiro atoms. The summed E-state index contributed by atoms with van der Waals surface area (Å²) in [5.74, 6) is -0.0454. The highest BCUT2D eigenvalue weighted by molar-refractivity contribution is 7.89. The molecule has 0 radical (unpaired) electrons. The van der Waals surface area contributed by atoms with E-state index in [1.54, 1.807) is 48.8 Å². The van der Waals surface area contributed by atoms with Gasteiger partial charge in [0.15, 0.2) is 0 Å². The summed E-state index contributed by atoms with van der Waals surface area (Å²) in [6.45, 7) is 5.66. The third-order valence-corrected chi connectivity index (χ3v) is 6.34. The smallest absolute Gasteiger partial charge is 0.240 e. The molecule has 7 nitrogen and oxygen atoms in total. The molecule has 3 rings (SSSR count). The van der Waals surface area contributed by atoms with Gasteiger partial charge in [-0.3, -0.25) is 9.48 Å². The lowest BCUT2D eigenvalue weighted by atomic mass is 9.86. The molecule has 0 saturated heterocycles. The van der Waals surface area contributed by atoms with Crippen LogP contribution >= 0.6 is 0 Å². The van der Waals surface area contributed by atoms with Crippen molar-refractivity contribution in [1.29, 1.82) is 0 Å². The average molecular weight is 362 g/mol. The van der Waals surface area contributed by atoms with Crippen molar-refractivity contribution in [1.82, 2.24) is 14.5 Å². The van der Waals surface area contributed by atoms with Gasteiger partial charge < -0.3 is 4.90 Å². The van der Waals surface area contributed by atoms with E-state index >= 15 is 0 Å². The molecule has 1 aromatic carbocycles. The first-order valence-corrected chi connectivity index (χ1v) is 9.44. The second kappa shape index (κ2) is 5.67. The Labute approximate surface area is 147 Å². The highest BCUT2D eigenvalue weighted by Crippen LogP contribution is 2.41. The van der Waals surface area contributed by atoms with E-state index in [2.05, 4.69) is 9.82 Å². The largest absolute Gasteiger partial charge is 0.314 e. The van der Waals surface area contributed by atoms with Crippen molar-refractivity contribution in [3.8, 4) is 0 Å². The molecule has 2 aromatic rings. The summed E-state index contributed by atoms with van der Waals surface area (Å²) in [7, 11) is -0.179. The fourth-order valence-corrected chi connectivity index (χ4v) is 4.13. The molecule has 1 aromatic heterocycles. The lowest BCUT2D eigenvalue weighted by Gasteiger charge is -2.16. The number of rotatable bonds is 4. The number of carbonyl (C=O) groups excluding carboxylic acids is 1. The SMILES string of the molecule is Cc1c(CNS(=O)(=O)c2ccc3c(c2)C(C)(C)C(=O)N3C)cnn1C. The number of aryl methyl sites for hydroxylation is 1. The van der Waals surface area contributed by atoms with E-state index in [1.165, 1.54) is 6.07 Å². The molecule has 1 aliphatic rings. The maximum absolute atomic E-state index is 12.7. The van der Waals surface area contributed by atoms with E-state index in [-0.39, 0.29) is 17.3 Å². The fourth-order valence-electron chi connectivity index (χ4n) is 3.09. The molecule has 0 unspecified atom stereocenters. The van der Waals surface area contributed by atoms with Crippen LogP contribution in [-0.4, -0.2) is 31.2 Å². The number of likely N-dealkylation sites (N-methyl/N-ethyl adjacent to an activating group) is 1. The first-order chi connectivity index (χ1) is 11.6. The standard InChI is InChI=1S/C17H22N4O3S/c1-11-12(9-18-21(11)5)10-19-25(23,24)13-6-7-15-14(8-13)17(2,3)16(22)20(15)4/h6-9,19H,10H2,1-5H3. The van der Waals surface area contributed by atoms with Gasteiger partial charge in [-0.2, -0.15) is 5.10 Å². The van der Waals surface area contributed by atoms with Crippen molar-refractivity contribution in [3.63, 3.8) is 0 Å². The molecule has 134 valence electrons. The zero-order valence-corrected chi connectivity index (χ0v) is 15.8. The zero-order valence-electron chi connectivity index (χ0n) is 15.0. The Morgan fingerprint density at radius 1 is 1.24 bits per heavy atom. The number of hydrogen-bond acceptors (Lipinski definition) is 4. The van der Waals surface area contributed by atoms with Gasteiger partial charge in [0.2, 0.25) is 15.9 Å². The van der Waals surface area contributed by atoms with Crippen molar-refractivity contribution in [2.24, 2.45) is 7.05 Å². The van der Waals surface area contributed by atoms with Gasteiger partial charge in [-0.25, -0.2) is 13.1 Å². The molecule has 1 amide bonds. The van der Waals surface area contributed by atoms with E-state index in [0.717, 1.165) is 22.5 Å². The van der Waals surface area contributed by atoms with Gasteiger partial charge in [0, 0.05) is 37.6 Å². The summed E-state index contributed by atoms with van der Waals surface area (Å²) in [6.07, 6.45) is 1.65. The third-order valence-electron chi connectivity index (χ3n) is 4.94. The van der Waals surface area contributed by atoms with Gasteiger partial charge in [-0.05, 0) is 44.5 Å². The number of fused-ring (bicyclic) bond motifs is 1. The molecule has 0 aliphatic carbocycles. The number of nitrogens with one attached hydrogen (secondary N) is 1. The second-order valence-corrected chi connectivity index (χ2v) is 8.64. The van der Waals surface area contributed by atoms with E-state index in [9.17, 15) is 13.2 Å². The van der Waals surface area contributed by atoms with Crippen molar-refractivity contribution >= 4 is 21.6 Å². The van der Waals surface area contributed by atoms with Crippen LogP contribution < -0.4 is 9.62 Å². The maximum Gasteiger partial charge on any atom is 0.240 e. The summed E-state index contributed by atoms with van der Waals surface area (Å²) in [5, 5.41) is 4.11. The number of hydrogen-bond donors (Lipinski definition) is 1. The highest BCUT2D eigenvalue weighted by Gasteiger charge is 2.42. The van der Waals surface area contributed by atoms with Crippen LogP contribution in [-0.2, 0) is 33.8 Å². The number of nitrogens with zero attached hydrogens (tertiary/aromatic N) is 3. The Morgan fingerprint density at radius 3 is 2.52 bits per heavy atom. The Balaban J connectivity index is 1.91. The summed E-state index contributed by atoms with van der Waals surface area (Å²) in [4.78, 5) is 14.1. The van der Waals surface area contributed by atoms with Gasteiger partial charge in [0.1, 0.15) is 0 Å². The molecular formula is C17H22N4O3S. The van der Waals surface area contributed by atoms with Gasteiger partial charge in [-0.15, -0.1) is 0 Å². The molecule has 2 heterocycles. The van der Waals surface area contributed by atoms with Crippen LogP contribution in [0.5, 0.6) is 0 Å². The zero-order chi connectivity index (χ0) is 18.6. The minimum Gasteiger partial charge on any atom is -0.314 e. The van der Waals surface area contributed by atoms with Gasteiger partial charge in [0.05, 0.1) is 16.5 Å². The van der Waals surface area contributed by atoms with Gasteiger partial charge in [0.25, 0.3) is 0 Å². The Morgan fingerprint density at radius 2 is 1.92 bits per heavy atom. The minimum absolute atomic E-state index is 0.0454. The number of sulfonamides is 1. The van der Waals surface area contributed by atoms with Crippen LogP contribution in [0.25, 0.3) is 0 Å². The topological polar surface area (TPSA) is 84.3 Å². The van der Waals surface area contributed by atoms with E-state index in [4.69, 9.17) is 0 Å². The number of benzene rings is 1. The first-order valence-electron chi connectivity index (χ1n) is 7.95. The summed E-state index contributed by atoms with van der Waals surface area (Å²) in [6, 6.07) is 4.81. The molecule has 1 N–H and O–H groups in total. The lowest BCUT2D eigenvalue weighted by Crippen LogP contribution is -2.33. The van der Waals surface area contributed by atoms with Crippen LogP contribution in [0.4, 0.5) is 5.69 Å². The van der Waals surface area contributed by atoms with Gasteiger partial charge >= 0.3 is 0 Å². The number of carbonyl (C=O) groups is 1. The first kappa shape index (κ1) is 17.6. The molecule has 25 heavy (non-hydrogen) atoms. The molecule has 1 aliphatic heterocycles. The lowest BCUT2D eigenvalue weighted by molar-refractivity contribution is -0.121.